The summed E-state index contributed by atoms with van der Waals surface area (Å²) in [7, 11) is 6.63. The highest BCUT2D eigenvalue weighted by Gasteiger charge is 2.34. The van der Waals surface area contributed by atoms with Crippen molar-refractivity contribution in [3.05, 3.63) is 47.2 Å². The first-order chi connectivity index (χ1) is 9.13. The Balaban J connectivity index is 2.13. The second-order valence-electron chi connectivity index (χ2n) is 4.44. The molecule has 4 nitrogen and oxygen atoms in total. The van der Waals surface area contributed by atoms with Crippen LogP contribution in [-0.2, 0) is 9.53 Å². The van der Waals surface area contributed by atoms with Crippen LogP contribution >= 0.6 is 21.7 Å². The first-order valence-electron chi connectivity index (χ1n) is 5.82. The molecule has 1 unspecified atom stereocenters. The molecule has 0 aromatic rings. The van der Waals surface area contributed by atoms with Crippen molar-refractivity contribution in [3.8, 4) is 0 Å². The van der Waals surface area contributed by atoms with Crippen LogP contribution in [0.2, 0.25) is 0 Å². The second kappa shape index (κ2) is 6.21. The lowest BCUT2D eigenvalue weighted by Crippen LogP contribution is -2.37. The van der Waals surface area contributed by atoms with Crippen LogP contribution in [0.5, 0.6) is 0 Å². The molecule has 0 aliphatic carbocycles. The molecule has 2 rings (SSSR count). The number of halogens is 1. The lowest BCUT2D eigenvalue weighted by Gasteiger charge is -2.34. The number of esters is 1. The van der Waals surface area contributed by atoms with E-state index in [2.05, 4.69) is 11.5 Å². The third-order valence-corrected chi connectivity index (χ3v) is 3.58. The van der Waals surface area contributed by atoms with E-state index in [-0.39, 0.29) is 12.1 Å². The summed E-state index contributed by atoms with van der Waals surface area (Å²) in [5.41, 5.74) is 8.47. The molecule has 0 amide bonds. The van der Waals surface area contributed by atoms with Crippen LogP contribution in [0.15, 0.2) is 47.2 Å². The molecule has 1 fully saturated rings. The number of carbonyl (C=O) groups is 1. The Morgan fingerprint density at radius 3 is 3.21 bits per heavy atom. The van der Waals surface area contributed by atoms with Gasteiger partial charge in [0.05, 0.1) is 5.70 Å². The molecule has 0 saturated carbocycles. The zero-order valence-corrected chi connectivity index (χ0v) is 11.9. The molecule has 2 aliphatic heterocycles. The normalized spacial score (nSPS) is 23.6. The molecule has 0 aromatic carbocycles. The zero-order valence-electron chi connectivity index (χ0n) is 10.3. The van der Waals surface area contributed by atoms with Crippen molar-refractivity contribution < 1.29 is 9.53 Å². The average molecular weight is 299 g/mol. The van der Waals surface area contributed by atoms with E-state index >= 15 is 0 Å². The van der Waals surface area contributed by atoms with Gasteiger partial charge in [0, 0.05) is 25.6 Å². The van der Waals surface area contributed by atoms with Crippen LogP contribution in [0, 0.1) is 0 Å². The summed E-state index contributed by atoms with van der Waals surface area (Å²) in [5, 5.41) is 1.75. The molecule has 102 valence electrons. The maximum atomic E-state index is 11.4. The van der Waals surface area contributed by atoms with Crippen molar-refractivity contribution in [1.29, 1.82) is 0 Å². The van der Waals surface area contributed by atoms with Crippen molar-refractivity contribution >= 4 is 27.6 Å². The van der Waals surface area contributed by atoms with Gasteiger partial charge in [-0.25, -0.2) is 4.79 Å². The molecule has 2 aliphatic rings. The number of hydrogen-bond acceptors (Lipinski definition) is 5. The second-order valence-corrected chi connectivity index (χ2v) is 5.42. The smallest absolute Gasteiger partial charge is 0.333 e. The molecule has 1 saturated heterocycles. The van der Waals surface area contributed by atoms with Gasteiger partial charge in [-0.05, 0) is 44.9 Å². The molecule has 2 heterocycles. The summed E-state index contributed by atoms with van der Waals surface area (Å²) in [4.78, 5) is 13.4. The molecular formula is C13H15ClN2O2S. The predicted octanol–water partition coefficient (Wildman–Crippen LogP) is 2.30. The van der Waals surface area contributed by atoms with Crippen LogP contribution < -0.4 is 5.73 Å². The quantitative estimate of drug-likeness (QED) is 0.490. The summed E-state index contributed by atoms with van der Waals surface area (Å²) in [6.07, 6.45) is 5.43. The summed E-state index contributed by atoms with van der Waals surface area (Å²) in [6, 6.07) is 0. The maximum absolute atomic E-state index is 11.4. The molecule has 0 radical (unpaired) electrons. The minimum atomic E-state index is -0.287. The number of nitrogens with two attached hydrogens (primary N) is 1. The zero-order chi connectivity index (χ0) is 13.8. The Morgan fingerprint density at radius 2 is 2.53 bits per heavy atom. The number of carbonyl (C=O) groups excluding carboxylic acids is 1. The van der Waals surface area contributed by atoms with E-state index in [0.717, 1.165) is 27.8 Å². The van der Waals surface area contributed by atoms with Crippen LogP contribution in [0.4, 0.5) is 0 Å². The molecule has 1 atom stereocenters. The van der Waals surface area contributed by atoms with Crippen LogP contribution in [0.3, 0.4) is 0 Å². The Hall–Kier alpha value is -1.33. The van der Waals surface area contributed by atoms with Crippen LogP contribution in [0.25, 0.3) is 0 Å². The lowest BCUT2D eigenvalue weighted by atomic mass is 10.00. The number of nitrogens with zero attached hydrogens (tertiary/aromatic N) is 1. The SMILES string of the molecule is C=C1CC2OC(=O)C=C2N(CC(/C=C\SCl)=C/N)C1. The molecule has 0 bridgehead atoms. The number of hydrogen-bond donors (Lipinski definition) is 1. The topological polar surface area (TPSA) is 55.6 Å². The Labute approximate surface area is 121 Å². The summed E-state index contributed by atoms with van der Waals surface area (Å²) in [6.45, 7) is 5.30. The molecule has 19 heavy (non-hydrogen) atoms. The summed E-state index contributed by atoms with van der Waals surface area (Å²) in [5.74, 6) is -0.287. The molecule has 0 spiro atoms. The van der Waals surface area contributed by atoms with Gasteiger partial charge in [0.2, 0.25) is 0 Å². The fraction of sp³-hybridized carbons (Fsp3) is 0.308. The molecule has 0 aromatic heterocycles. The van der Waals surface area contributed by atoms with E-state index in [0.29, 0.717) is 19.5 Å². The Morgan fingerprint density at radius 1 is 1.74 bits per heavy atom. The van der Waals surface area contributed by atoms with Crippen molar-refractivity contribution in [2.45, 2.75) is 12.5 Å². The van der Waals surface area contributed by atoms with E-state index < -0.39 is 0 Å². The first kappa shape index (κ1) is 14.1. The van der Waals surface area contributed by atoms with E-state index in [1.807, 2.05) is 6.08 Å². The highest BCUT2D eigenvalue weighted by atomic mass is 35.7. The third kappa shape index (κ3) is 3.36. The lowest BCUT2D eigenvalue weighted by molar-refractivity contribution is -0.139. The van der Waals surface area contributed by atoms with Gasteiger partial charge in [-0.2, -0.15) is 0 Å². The fourth-order valence-corrected chi connectivity index (χ4v) is 2.60. The van der Waals surface area contributed by atoms with Gasteiger partial charge in [-0.1, -0.05) is 12.2 Å². The highest BCUT2D eigenvalue weighted by molar-refractivity contribution is 8.23. The number of ether oxygens (including phenoxy) is 1. The van der Waals surface area contributed by atoms with Gasteiger partial charge < -0.3 is 15.4 Å². The van der Waals surface area contributed by atoms with Crippen molar-refractivity contribution in [2.75, 3.05) is 13.1 Å². The number of piperidine rings is 1. The Kier molecular flexibility index (Phi) is 4.61. The van der Waals surface area contributed by atoms with Crippen LogP contribution in [-0.4, -0.2) is 30.1 Å². The van der Waals surface area contributed by atoms with Gasteiger partial charge in [0.25, 0.3) is 0 Å². The van der Waals surface area contributed by atoms with Crippen molar-refractivity contribution in [3.63, 3.8) is 0 Å². The number of fused-ring (bicyclic) bond motifs is 1. The van der Waals surface area contributed by atoms with E-state index in [1.54, 1.807) is 11.5 Å². The highest BCUT2D eigenvalue weighted by Crippen LogP contribution is 2.31. The minimum Gasteiger partial charge on any atom is -0.452 e. The summed E-state index contributed by atoms with van der Waals surface area (Å²) >= 11 is 0. The predicted molar refractivity (Wildman–Crippen MR) is 78.1 cm³/mol. The number of rotatable bonds is 4. The standard InChI is InChI=1S/C13H15ClN2O2S/c1-9-4-12-11(5-13(17)18-12)16(7-9)8-10(6-15)2-3-19-14/h2-3,5-6,12H,1,4,7-8,15H2/b3-2-,10-6+. The van der Waals surface area contributed by atoms with Gasteiger partial charge in [0.1, 0.15) is 6.10 Å². The van der Waals surface area contributed by atoms with E-state index in [9.17, 15) is 4.79 Å². The van der Waals surface area contributed by atoms with E-state index in [4.69, 9.17) is 21.2 Å². The van der Waals surface area contributed by atoms with E-state index in [1.165, 1.54) is 6.20 Å². The van der Waals surface area contributed by atoms with Gasteiger partial charge >= 0.3 is 5.97 Å². The van der Waals surface area contributed by atoms with Gasteiger partial charge in [-0.3, -0.25) is 0 Å². The number of likely N-dealkylation sites (tertiary alicyclic amines) is 1. The van der Waals surface area contributed by atoms with Gasteiger partial charge in [-0.15, -0.1) is 0 Å². The van der Waals surface area contributed by atoms with Crippen molar-refractivity contribution in [1.82, 2.24) is 4.90 Å². The third-order valence-electron chi connectivity index (χ3n) is 3.03. The fourth-order valence-electron chi connectivity index (χ4n) is 2.22. The summed E-state index contributed by atoms with van der Waals surface area (Å²) < 4.78 is 5.23. The monoisotopic (exact) mass is 298 g/mol. The van der Waals surface area contributed by atoms with Crippen molar-refractivity contribution in [2.24, 2.45) is 5.73 Å². The maximum Gasteiger partial charge on any atom is 0.333 e. The molecule has 2 N–H and O–H groups in total. The largest absolute Gasteiger partial charge is 0.452 e. The first-order valence-corrected chi connectivity index (χ1v) is 7.53. The van der Waals surface area contributed by atoms with Gasteiger partial charge in [0.15, 0.2) is 0 Å². The molecular weight excluding hydrogens is 284 g/mol. The average Bonchev–Trinajstić information content (AvgIpc) is 2.74. The van der Waals surface area contributed by atoms with Crippen LogP contribution in [0.1, 0.15) is 6.42 Å². The Bertz CT molecular complexity index is 485. The minimum absolute atomic E-state index is 0.195. The molecule has 6 heteroatoms.